The highest BCUT2D eigenvalue weighted by Crippen LogP contribution is 2.17. The second kappa shape index (κ2) is 6.36. The van der Waals surface area contributed by atoms with Crippen molar-refractivity contribution < 1.29 is 5.11 Å². The SMILES string of the molecule is CN(CCCCCO)c1ccc2ccccc2n1. The van der Waals surface area contributed by atoms with Crippen LogP contribution in [0.3, 0.4) is 0 Å². The molecule has 1 aromatic carbocycles. The third-order valence-corrected chi connectivity index (χ3v) is 3.13. The van der Waals surface area contributed by atoms with Gasteiger partial charge < -0.3 is 10.0 Å². The molecule has 0 bridgehead atoms. The Labute approximate surface area is 108 Å². The van der Waals surface area contributed by atoms with Gasteiger partial charge in [-0.2, -0.15) is 0 Å². The fourth-order valence-electron chi connectivity index (χ4n) is 2.02. The lowest BCUT2D eigenvalue weighted by Crippen LogP contribution is -2.19. The molecule has 0 aliphatic heterocycles. The van der Waals surface area contributed by atoms with Gasteiger partial charge >= 0.3 is 0 Å². The van der Waals surface area contributed by atoms with Crippen molar-refractivity contribution in [3.05, 3.63) is 36.4 Å². The number of rotatable bonds is 6. The minimum atomic E-state index is 0.290. The normalized spacial score (nSPS) is 10.8. The number of unbranched alkanes of at least 4 members (excludes halogenated alkanes) is 2. The number of aromatic nitrogens is 1. The van der Waals surface area contributed by atoms with Gasteiger partial charge in [0, 0.05) is 25.6 Å². The van der Waals surface area contributed by atoms with Crippen LogP contribution in [0.25, 0.3) is 10.9 Å². The van der Waals surface area contributed by atoms with E-state index in [0.717, 1.165) is 37.1 Å². The number of fused-ring (bicyclic) bond motifs is 1. The molecule has 1 heterocycles. The van der Waals surface area contributed by atoms with Crippen LogP contribution in [0.1, 0.15) is 19.3 Å². The van der Waals surface area contributed by atoms with Gasteiger partial charge in [-0.15, -0.1) is 0 Å². The van der Waals surface area contributed by atoms with Crippen LogP contribution < -0.4 is 4.90 Å². The maximum absolute atomic E-state index is 8.74. The summed E-state index contributed by atoms with van der Waals surface area (Å²) in [5, 5.41) is 9.92. The van der Waals surface area contributed by atoms with Gasteiger partial charge in [0.2, 0.25) is 0 Å². The smallest absolute Gasteiger partial charge is 0.128 e. The molecule has 0 atom stereocenters. The van der Waals surface area contributed by atoms with Crippen molar-refractivity contribution in [2.45, 2.75) is 19.3 Å². The Morgan fingerprint density at radius 2 is 1.89 bits per heavy atom. The number of aliphatic hydroxyl groups excluding tert-OH is 1. The summed E-state index contributed by atoms with van der Waals surface area (Å²) < 4.78 is 0. The fourth-order valence-corrected chi connectivity index (χ4v) is 2.02. The van der Waals surface area contributed by atoms with E-state index in [1.807, 2.05) is 18.2 Å². The van der Waals surface area contributed by atoms with Crippen LogP contribution in [0, 0.1) is 0 Å². The molecule has 0 amide bonds. The molecule has 2 aromatic rings. The summed E-state index contributed by atoms with van der Waals surface area (Å²) in [6, 6.07) is 12.3. The average Bonchev–Trinajstić information content (AvgIpc) is 2.43. The first-order valence-electron chi connectivity index (χ1n) is 6.49. The first-order chi connectivity index (χ1) is 8.81. The zero-order valence-electron chi connectivity index (χ0n) is 10.8. The second-order valence-corrected chi connectivity index (χ2v) is 4.57. The monoisotopic (exact) mass is 244 g/mol. The topological polar surface area (TPSA) is 36.4 Å². The van der Waals surface area contributed by atoms with Crippen LogP contribution in [0.2, 0.25) is 0 Å². The Morgan fingerprint density at radius 3 is 2.72 bits per heavy atom. The van der Waals surface area contributed by atoms with Crippen molar-refractivity contribution in [2.24, 2.45) is 0 Å². The standard InChI is InChI=1S/C15H20N2O/c1-17(11-5-2-6-12-18)15-10-9-13-7-3-4-8-14(13)16-15/h3-4,7-10,18H,2,5-6,11-12H2,1H3. The number of hydrogen-bond acceptors (Lipinski definition) is 3. The van der Waals surface area contributed by atoms with Crippen LogP contribution in [-0.4, -0.2) is 30.3 Å². The molecule has 1 aromatic heterocycles. The molecule has 0 aliphatic rings. The van der Waals surface area contributed by atoms with E-state index in [-0.39, 0.29) is 6.61 Å². The molecule has 0 spiro atoms. The summed E-state index contributed by atoms with van der Waals surface area (Å²) in [5.41, 5.74) is 1.04. The number of nitrogens with zero attached hydrogens (tertiary/aromatic N) is 2. The molecule has 3 nitrogen and oxygen atoms in total. The van der Waals surface area contributed by atoms with Crippen molar-refractivity contribution >= 4 is 16.7 Å². The lowest BCUT2D eigenvalue weighted by atomic mass is 10.2. The van der Waals surface area contributed by atoms with E-state index >= 15 is 0 Å². The minimum absolute atomic E-state index is 0.290. The Hall–Kier alpha value is -1.61. The summed E-state index contributed by atoms with van der Waals surface area (Å²) in [4.78, 5) is 6.82. The third-order valence-electron chi connectivity index (χ3n) is 3.13. The molecule has 0 radical (unpaired) electrons. The molecule has 18 heavy (non-hydrogen) atoms. The largest absolute Gasteiger partial charge is 0.396 e. The van der Waals surface area contributed by atoms with Crippen LogP contribution in [0.4, 0.5) is 5.82 Å². The number of para-hydroxylation sites is 1. The lowest BCUT2D eigenvalue weighted by molar-refractivity contribution is 0.283. The highest BCUT2D eigenvalue weighted by Gasteiger charge is 2.03. The molecule has 1 N–H and O–H groups in total. The Morgan fingerprint density at radius 1 is 1.06 bits per heavy atom. The van der Waals surface area contributed by atoms with Crippen molar-refractivity contribution in [1.29, 1.82) is 0 Å². The summed E-state index contributed by atoms with van der Waals surface area (Å²) in [6.45, 7) is 1.27. The maximum Gasteiger partial charge on any atom is 0.128 e. The van der Waals surface area contributed by atoms with Gasteiger partial charge in [0.1, 0.15) is 5.82 Å². The third kappa shape index (κ3) is 3.20. The molecule has 0 aliphatic carbocycles. The van der Waals surface area contributed by atoms with E-state index in [1.54, 1.807) is 0 Å². The number of aliphatic hydroxyl groups is 1. The Bertz CT molecular complexity index is 499. The van der Waals surface area contributed by atoms with Gasteiger partial charge in [0.05, 0.1) is 5.52 Å². The lowest BCUT2D eigenvalue weighted by Gasteiger charge is -2.18. The molecule has 3 heteroatoms. The molecule has 0 fully saturated rings. The van der Waals surface area contributed by atoms with Crippen molar-refractivity contribution in [2.75, 3.05) is 25.1 Å². The van der Waals surface area contributed by atoms with Crippen LogP contribution in [0.5, 0.6) is 0 Å². The van der Waals surface area contributed by atoms with E-state index < -0.39 is 0 Å². The predicted octanol–water partition coefficient (Wildman–Crippen LogP) is 2.83. The highest BCUT2D eigenvalue weighted by molar-refractivity contribution is 5.80. The van der Waals surface area contributed by atoms with Crippen molar-refractivity contribution in [1.82, 2.24) is 4.98 Å². The minimum Gasteiger partial charge on any atom is -0.396 e. The number of hydrogen-bond donors (Lipinski definition) is 1. The second-order valence-electron chi connectivity index (χ2n) is 4.57. The maximum atomic E-state index is 8.74. The van der Waals surface area contributed by atoms with Crippen LogP contribution in [0.15, 0.2) is 36.4 Å². The molecular weight excluding hydrogens is 224 g/mol. The zero-order chi connectivity index (χ0) is 12.8. The molecule has 0 unspecified atom stereocenters. The van der Waals surface area contributed by atoms with Gasteiger partial charge in [-0.3, -0.25) is 0 Å². The van der Waals surface area contributed by atoms with Gasteiger partial charge in [-0.1, -0.05) is 18.2 Å². The van der Waals surface area contributed by atoms with E-state index in [4.69, 9.17) is 5.11 Å². The van der Waals surface area contributed by atoms with E-state index in [9.17, 15) is 0 Å². The van der Waals surface area contributed by atoms with Gasteiger partial charge in [-0.25, -0.2) is 4.98 Å². The van der Waals surface area contributed by atoms with Crippen molar-refractivity contribution in [3.8, 4) is 0 Å². The van der Waals surface area contributed by atoms with Gasteiger partial charge in [0.25, 0.3) is 0 Å². The van der Waals surface area contributed by atoms with Crippen LogP contribution in [-0.2, 0) is 0 Å². The summed E-state index contributed by atoms with van der Waals surface area (Å²) in [7, 11) is 2.07. The Kier molecular flexibility index (Phi) is 4.53. The number of pyridine rings is 1. The summed E-state index contributed by atoms with van der Waals surface area (Å²) in [6.07, 6.45) is 3.04. The molecule has 0 saturated heterocycles. The van der Waals surface area contributed by atoms with Gasteiger partial charge in [0.15, 0.2) is 0 Å². The summed E-state index contributed by atoms with van der Waals surface area (Å²) >= 11 is 0. The van der Waals surface area contributed by atoms with Crippen molar-refractivity contribution in [3.63, 3.8) is 0 Å². The number of benzene rings is 1. The first kappa shape index (κ1) is 12.8. The molecule has 0 saturated carbocycles. The Balaban J connectivity index is 2.01. The fraction of sp³-hybridized carbons (Fsp3) is 0.400. The van der Waals surface area contributed by atoms with E-state index in [0.29, 0.717) is 0 Å². The van der Waals surface area contributed by atoms with E-state index in [2.05, 4.69) is 35.1 Å². The highest BCUT2D eigenvalue weighted by atomic mass is 16.2. The quantitative estimate of drug-likeness (QED) is 0.794. The molecule has 96 valence electrons. The zero-order valence-corrected chi connectivity index (χ0v) is 10.8. The molecular formula is C15H20N2O. The predicted molar refractivity (Wildman–Crippen MR) is 75.9 cm³/mol. The van der Waals surface area contributed by atoms with Crippen LogP contribution >= 0.6 is 0 Å². The average molecular weight is 244 g/mol. The molecule has 2 rings (SSSR count). The first-order valence-corrected chi connectivity index (χ1v) is 6.49. The van der Waals surface area contributed by atoms with E-state index in [1.165, 1.54) is 5.39 Å². The number of anilines is 1. The van der Waals surface area contributed by atoms with Gasteiger partial charge in [-0.05, 0) is 37.5 Å². The summed E-state index contributed by atoms with van der Waals surface area (Å²) in [5.74, 6) is 1.01.